The molecule has 0 saturated heterocycles. The van der Waals surface area contributed by atoms with Crippen LogP contribution >= 0.6 is 15.9 Å². The van der Waals surface area contributed by atoms with Gasteiger partial charge in [-0.15, -0.1) is 0 Å². The van der Waals surface area contributed by atoms with Crippen molar-refractivity contribution in [2.24, 2.45) is 0 Å². The number of anilines is 1. The number of benzene rings is 2. The molecule has 3 nitrogen and oxygen atoms in total. The van der Waals surface area contributed by atoms with Crippen molar-refractivity contribution in [2.45, 2.75) is 4.32 Å². The molecule has 0 N–H and O–H groups in total. The molecule has 0 spiro atoms. The Morgan fingerprint density at radius 3 is 2.25 bits per heavy atom. The smallest absolute Gasteiger partial charge is 0.256 e. The highest BCUT2D eigenvalue weighted by Crippen LogP contribution is 2.43. The van der Waals surface area contributed by atoms with E-state index in [1.54, 1.807) is 37.4 Å². The average Bonchev–Trinajstić information content (AvgIpc) is 2.51. The van der Waals surface area contributed by atoms with E-state index in [1.807, 2.05) is 24.3 Å². The first-order valence-electron chi connectivity index (χ1n) is 6.23. The minimum absolute atomic E-state index is 0.220. The van der Waals surface area contributed by atoms with Gasteiger partial charge in [0.2, 0.25) is 0 Å². The number of carbonyl (C=O) groups is 2. The van der Waals surface area contributed by atoms with E-state index >= 15 is 0 Å². The van der Waals surface area contributed by atoms with Crippen LogP contribution in [0.25, 0.3) is 0 Å². The average molecular weight is 330 g/mol. The van der Waals surface area contributed by atoms with Gasteiger partial charge in [0.05, 0.1) is 5.69 Å². The Morgan fingerprint density at radius 1 is 0.950 bits per heavy atom. The Balaban J connectivity index is 2.24. The molecule has 1 atom stereocenters. The number of likely N-dealkylation sites (N-methyl/N-ethyl adjacent to an activating group) is 1. The lowest BCUT2D eigenvalue weighted by atomic mass is 9.85. The fourth-order valence-electron chi connectivity index (χ4n) is 2.50. The first-order chi connectivity index (χ1) is 9.56. The molecule has 0 radical (unpaired) electrons. The number of hydrogen-bond acceptors (Lipinski definition) is 2. The largest absolute Gasteiger partial charge is 0.313 e. The summed E-state index contributed by atoms with van der Waals surface area (Å²) in [7, 11) is 1.69. The highest BCUT2D eigenvalue weighted by molar-refractivity contribution is 9.10. The molecule has 2 aromatic carbocycles. The summed E-state index contributed by atoms with van der Waals surface area (Å²) in [5, 5.41) is 0. The quantitative estimate of drug-likeness (QED) is 0.595. The fraction of sp³-hybridized carbons (Fsp3) is 0.125. The van der Waals surface area contributed by atoms with Crippen molar-refractivity contribution in [3.8, 4) is 0 Å². The Morgan fingerprint density at radius 2 is 1.55 bits per heavy atom. The standard InChI is InChI=1S/C16H12BrNO2/c1-18-13-10-6-5-9-12(13)14(19)16(17,15(18)20)11-7-3-2-4-8-11/h2-10H,1H3. The zero-order valence-corrected chi connectivity index (χ0v) is 12.4. The van der Waals surface area contributed by atoms with E-state index < -0.39 is 4.32 Å². The van der Waals surface area contributed by atoms with E-state index in [9.17, 15) is 9.59 Å². The predicted molar refractivity (Wildman–Crippen MR) is 81.2 cm³/mol. The predicted octanol–water partition coefficient (Wildman–Crippen LogP) is 3.14. The molecular weight excluding hydrogens is 318 g/mol. The van der Waals surface area contributed by atoms with E-state index in [1.165, 1.54) is 4.90 Å². The molecule has 20 heavy (non-hydrogen) atoms. The molecule has 1 unspecified atom stereocenters. The molecule has 100 valence electrons. The van der Waals surface area contributed by atoms with Crippen LogP contribution < -0.4 is 4.90 Å². The van der Waals surface area contributed by atoms with Gasteiger partial charge in [0.15, 0.2) is 10.1 Å². The lowest BCUT2D eigenvalue weighted by molar-refractivity contribution is -0.119. The molecule has 0 bridgehead atoms. The van der Waals surface area contributed by atoms with Crippen LogP contribution in [0.15, 0.2) is 54.6 Å². The van der Waals surface area contributed by atoms with Gasteiger partial charge in [-0.25, -0.2) is 0 Å². The highest BCUT2D eigenvalue weighted by atomic mass is 79.9. The molecule has 0 saturated carbocycles. The van der Waals surface area contributed by atoms with Crippen LogP contribution in [0.2, 0.25) is 0 Å². The molecule has 1 heterocycles. The number of halogens is 1. The summed E-state index contributed by atoms with van der Waals surface area (Å²) in [6.07, 6.45) is 0. The number of ketones is 1. The van der Waals surface area contributed by atoms with E-state index in [0.29, 0.717) is 16.8 Å². The third-order valence-electron chi connectivity index (χ3n) is 3.59. The van der Waals surface area contributed by atoms with Crippen molar-refractivity contribution in [1.29, 1.82) is 0 Å². The molecule has 0 aromatic heterocycles. The SMILES string of the molecule is CN1C(=O)C(Br)(c2ccccc2)C(=O)c2ccccc21. The Hall–Kier alpha value is -1.94. The summed E-state index contributed by atoms with van der Waals surface area (Å²) in [5.41, 5.74) is 1.85. The summed E-state index contributed by atoms with van der Waals surface area (Å²) < 4.78 is -1.34. The maximum absolute atomic E-state index is 12.8. The number of carbonyl (C=O) groups excluding carboxylic acids is 2. The molecule has 3 rings (SSSR count). The highest BCUT2D eigenvalue weighted by Gasteiger charge is 2.51. The van der Waals surface area contributed by atoms with Crippen LogP contribution in [0.3, 0.4) is 0 Å². The van der Waals surface area contributed by atoms with Crippen molar-refractivity contribution in [2.75, 3.05) is 11.9 Å². The zero-order chi connectivity index (χ0) is 14.3. The number of hydrogen-bond donors (Lipinski definition) is 0. The van der Waals surface area contributed by atoms with Gasteiger partial charge < -0.3 is 4.90 Å². The van der Waals surface area contributed by atoms with Gasteiger partial charge in [-0.05, 0) is 17.7 Å². The third kappa shape index (κ3) is 1.64. The maximum atomic E-state index is 12.8. The van der Waals surface area contributed by atoms with Crippen LogP contribution in [0.5, 0.6) is 0 Å². The van der Waals surface area contributed by atoms with Crippen molar-refractivity contribution in [1.82, 2.24) is 0 Å². The maximum Gasteiger partial charge on any atom is 0.256 e. The molecule has 0 aliphatic carbocycles. The third-order valence-corrected chi connectivity index (χ3v) is 4.75. The number of alkyl halides is 1. The van der Waals surface area contributed by atoms with Gasteiger partial charge in [-0.1, -0.05) is 58.4 Å². The first-order valence-corrected chi connectivity index (χ1v) is 7.02. The monoisotopic (exact) mass is 329 g/mol. The molecule has 1 aliphatic heterocycles. The lowest BCUT2D eigenvalue weighted by Crippen LogP contribution is -2.51. The second kappa shape index (κ2) is 4.56. The van der Waals surface area contributed by atoms with Crippen LogP contribution in [-0.2, 0) is 9.12 Å². The molecule has 1 amide bonds. The molecule has 0 fully saturated rings. The number of nitrogens with zero attached hydrogens (tertiary/aromatic N) is 1. The molecule has 2 aromatic rings. The van der Waals surface area contributed by atoms with Crippen molar-refractivity contribution >= 4 is 33.3 Å². The lowest BCUT2D eigenvalue weighted by Gasteiger charge is -2.36. The van der Waals surface area contributed by atoms with E-state index in [-0.39, 0.29) is 11.7 Å². The first kappa shape index (κ1) is 13.1. The van der Waals surface area contributed by atoms with Gasteiger partial charge in [-0.2, -0.15) is 0 Å². The molecular formula is C16H12BrNO2. The van der Waals surface area contributed by atoms with Crippen molar-refractivity contribution in [3.63, 3.8) is 0 Å². The van der Waals surface area contributed by atoms with Gasteiger partial charge in [0.1, 0.15) is 0 Å². The number of para-hydroxylation sites is 1. The topological polar surface area (TPSA) is 37.4 Å². The van der Waals surface area contributed by atoms with Crippen LogP contribution in [0.4, 0.5) is 5.69 Å². The van der Waals surface area contributed by atoms with E-state index in [2.05, 4.69) is 15.9 Å². The van der Waals surface area contributed by atoms with E-state index in [0.717, 1.165) is 0 Å². The van der Waals surface area contributed by atoms with Gasteiger partial charge in [0.25, 0.3) is 5.91 Å². The summed E-state index contributed by atoms with van der Waals surface area (Å²) >= 11 is 3.40. The zero-order valence-electron chi connectivity index (χ0n) is 10.8. The van der Waals surface area contributed by atoms with Crippen LogP contribution in [0.1, 0.15) is 15.9 Å². The van der Waals surface area contributed by atoms with Gasteiger partial charge in [0, 0.05) is 12.6 Å². The normalized spacial score (nSPS) is 21.8. The Kier molecular flexibility index (Phi) is 2.98. The Bertz CT molecular complexity index is 699. The minimum atomic E-state index is -1.34. The number of fused-ring (bicyclic) bond motifs is 1. The van der Waals surface area contributed by atoms with Crippen molar-refractivity contribution in [3.05, 3.63) is 65.7 Å². The van der Waals surface area contributed by atoms with Gasteiger partial charge >= 0.3 is 0 Å². The molecule has 4 heteroatoms. The summed E-state index contributed by atoms with van der Waals surface area (Å²) in [6, 6.07) is 16.2. The summed E-state index contributed by atoms with van der Waals surface area (Å²) in [4.78, 5) is 27.0. The van der Waals surface area contributed by atoms with Crippen molar-refractivity contribution < 1.29 is 9.59 Å². The van der Waals surface area contributed by atoms with Gasteiger partial charge in [-0.3, -0.25) is 9.59 Å². The number of rotatable bonds is 1. The number of Topliss-reactive ketones (excluding diaryl/α,β-unsaturated/α-hetero) is 1. The summed E-state index contributed by atoms with van der Waals surface area (Å²) in [6.45, 7) is 0. The second-order valence-corrected chi connectivity index (χ2v) is 5.92. The minimum Gasteiger partial charge on any atom is -0.313 e. The van der Waals surface area contributed by atoms with E-state index in [4.69, 9.17) is 0 Å². The number of amides is 1. The second-order valence-electron chi connectivity index (χ2n) is 4.73. The summed E-state index contributed by atoms with van der Waals surface area (Å²) in [5.74, 6) is -0.491. The molecule has 1 aliphatic rings. The Labute approximate surface area is 125 Å². The van der Waals surface area contributed by atoms with Crippen LogP contribution in [0, 0.1) is 0 Å². The van der Waals surface area contributed by atoms with Crippen LogP contribution in [-0.4, -0.2) is 18.7 Å². The fourth-order valence-corrected chi connectivity index (χ4v) is 3.25.